The van der Waals surface area contributed by atoms with Crippen molar-refractivity contribution in [3.63, 3.8) is 0 Å². The molecule has 0 spiro atoms. The van der Waals surface area contributed by atoms with E-state index in [4.69, 9.17) is 0 Å². The number of hydrogen-bond donors (Lipinski definition) is 0. The fourth-order valence-electron chi connectivity index (χ4n) is 13.4. The monoisotopic (exact) mass is 628 g/mol. The number of rotatable bonds is 6. The molecular weight excluding hydrogens is 564 g/mol. The zero-order chi connectivity index (χ0) is 33.5. The predicted octanol–water partition coefficient (Wildman–Crippen LogP) is 10.2. The van der Waals surface area contributed by atoms with Crippen LogP contribution in [0.25, 0.3) is 0 Å². The lowest BCUT2D eigenvalue weighted by Crippen LogP contribution is -2.68. The Bertz CT molecular complexity index is 1350. The maximum absolute atomic E-state index is 15.2. The van der Waals surface area contributed by atoms with Crippen LogP contribution in [0.1, 0.15) is 127 Å². The Labute approximate surface area is 280 Å². The molecule has 0 N–H and O–H groups in total. The van der Waals surface area contributed by atoms with Crippen LogP contribution in [0.15, 0.2) is 35.5 Å². The van der Waals surface area contributed by atoms with Crippen LogP contribution in [0.3, 0.4) is 0 Å². The summed E-state index contributed by atoms with van der Waals surface area (Å²) in [5.74, 6) is 3.43. The third kappa shape index (κ3) is 5.14. The molecule has 0 aromatic carbocycles. The number of allylic oxidation sites excluding steroid dienone is 6. The fraction of sp³-hybridized carbons (Fsp3) is 0.791. The summed E-state index contributed by atoms with van der Waals surface area (Å²) >= 11 is 0. The Morgan fingerprint density at radius 3 is 2.33 bits per heavy atom. The Hall–Kier alpha value is -1.77. The van der Waals surface area contributed by atoms with Gasteiger partial charge in [0.15, 0.2) is 0 Å². The van der Waals surface area contributed by atoms with E-state index < -0.39 is 11.3 Å². The first-order valence-electron chi connectivity index (χ1n) is 19.2. The van der Waals surface area contributed by atoms with Gasteiger partial charge in [0, 0.05) is 17.3 Å². The molecule has 0 aliphatic heterocycles. The molecular formula is C43H64O3. The number of ketones is 3. The zero-order valence-electron chi connectivity index (χ0n) is 30.8. The van der Waals surface area contributed by atoms with Crippen LogP contribution >= 0.6 is 0 Å². The summed E-state index contributed by atoms with van der Waals surface area (Å²) in [6, 6.07) is 0. The highest BCUT2D eigenvalue weighted by Gasteiger charge is 2.70. The first-order chi connectivity index (χ1) is 21.5. The predicted molar refractivity (Wildman–Crippen MR) is 188 cm³/mol. The normalized spacial score (nSPS) is 47.6. The summed E-state index contributed by atoms with van der Waals surface area (Å²) in [7, 11) is 0. The Morgan fingerprint density at radius 2 is 1.65 bits per heavy atom. The van der Waals surface area contributed by atoms with Gasteiger partial charge in [0.05, 0.1) is 5.92 Å². The van der Waals surface area contributed by atoms with E-state index in [0.717, 1.165) is 37.5 Å². The van der Waals surface area contributed by atoms with E-state index >= 15 is 4.79 Å². The number of hydrogen-bond acceptors (Lipinski definition) is 3. The average Bonchev–Trinajstić information content (AvgIpc) is 2.96. The quantitative estimate of drug-likeness (QED) is 0.217. The van der Waals surface area contributed by atoms with E-state index in [1.165, 1.54) is 37.7 Å². The lowest BCUT2D eigenvalue weighted by atomic mass is 9.34. The molecule has 0 radical (unpaired) electrons. The number of carbonyl (C=O) groups is 3. The minimum atomic E-state index is -0.662. The molecule has 254 valence electrons. The fourth-order valence-corrected chi connectivity index (χ4v) is 13.4. The van der Waals surface area contributed by atoms with E-state index in [0.29, 0.717) is 29.5 Å². The minimum absolute atomic E-state index is 0.000356. The molecule has 3 nitrogen and oxygen atoms in total. The van der Waals surface area contributed by atoms with Gasteiger partial charge in [-0.25, -0.2) is 0 Å². The second-order valence-corrected chi connectivity index (χ2v) is 18.8. The molecule has 46 heavy (non-hydrogen) atoms. The molecule has 0 aromatic rings. The summed E-state index contributed by atoms with van der Waals surface area (Å²) in [4.78, 5) is 42.4. The Balaban J connectivity index is 1.29. The molecule has 3 heteroatoms. The smallest absolute Gasteiger partial charge is 0.150 e. The molecule has 0 heterocycles. The largest absolute Gasteiger partial charge is 0.299 e. The summed E-state index contributed by atoms with van der Waals surface area (Å²) in [6.45, 7) is 22.3. The maximum Gasteiger partial charge on any atom is 0.150 e. The van der Waals surface area contributed by atoms with Gasteiger partial charge in [0.2, 0.25) is 0 Å². The lowest BCUT2D eigenvalue weighted by Gasteiger charge is -2.68. The van der Waals surface area contributed by atoms with Crippen molar-refractivity contribution >= 4 is 17.3 Å². The molecule has 0 saturated heterocycles. The van der Waals surface area contributed by atoms with Gasteiger partial charge in [0.1, 0.15) is 17.3 Å². The molecule has 0 bridgehead atoms. The van der Waals surface area contributed by atoms with Gasteiger partial charge in [0.25, 0.3) is 0 Å². The van der Waals surface area contributed by atoms with Gasteiger partial charge in [-0.2, -0.15) is 0 Å². The molecule has 0 aromatic heterocycles. The van der Waals surface area contributed by atoms with E-state index in [1.807, 2.05) is 0 Å². The summed E-state index contributed by atoms with van der Waals surface area (Å²) in [5, 5.41) is 0. The van der Waals surface area contributed by atoms with Crippen LogP contribution in [0, 0.1) is 87.3 Å². The van der Waals surface area contributed by atoms with Crippen molar-refractivity contribution in [1.82, 2.24) is 0 Å². The molecule has 6 aliphatic carbocycles. The SMILES string of the molecule is CC(=O)C1C(=O)C2(C)C(C)C3C(=O)C4C(C)C(CC(C)CC5=CCCC6C=CCCC56)=CC(C(C)C)C4CC3(C)CC2(C)CC1C. The number of fused-ring (bicyclic) bond motifs is 4. The molecule has 14 atom stereocenters. The van der Waals surface area contributed by atoms with E-state index in [2.05, 4.69) is 86.6 Å². The van der Waals surface area contributed by atoms with Crippen molar-refractivity contribution in [2.75, 3.05) is 0 Å². The highest BCUT2D eigenvalue weighted by Crippen LogP contribution is 2.71. The topological polar surface area (TPSA) is 51.2 Å². The third-order valence-corrected chi connectivity index (χ3v) is 15.5. The highest BCUT2D eigenvalue weighted by molar-refractivity contribution is 6.05. The summed E-state index contributed by atoms with van der Waals surface area (Å²) in [6.07, 6.45) is 20.3. The second-order valence-electron chi connectivity index (χ2n) is 18.8. The van der Waals surface area contributed by atoms with E-state index in [-0.39, 0.29) is 52.0 Å². The zero-order valence-corrected chi connectivity index (χ0v) is 30.8. The number of Topliss-reactive ketones (excluding diaryl/α,β-unsaturated/α-hetero) is 3. The number of carbonyl (C=O) groups excluding carboxylic acids is 3. The van der Waals surface area contributed by atoms with Crippen LogP contribution in [0.5, 0.6) is 0 Å². The van der Waals surface area contributed by atoms with Crippen LogP contribution in [-0.4, -0.2) is 17.3 Å². The van der Waals surface area contributed by atoms with Gasteiger partial charge < -0.3 is 0 Å². The third-order valence-electron chi connectivity index (χ3n) is 15.5. The summed E-state index contributed by atoms with van der Waals surface area (Å²) < 4.78 is 0. The van der Waals surface area contributed by atoms with Crippen molar-refractivity contribution in [3.8, 4) is 0 Å². The van der Waals surface area contributed by atoms with Gasteiger partial charge in [-0.15, -0.1) is 0 Å². The van der Waals surface area contributed by atoms with Gasteiger partial charge in [-0.05, 0) is 129 Å². The van der Waals surface area contributed by atoms with Gasteiger partial charge >= 0.3 is 0 Å². The van der Waals surface area contributed by atoms with Crippen molar-refractivity contribution in [2.45, 2.75) is 127 Å². The molecule has 3 saturated carbocycles. The van der Waals surface area contributed by atoms with E-state index in [1.54, 1.807) is 12.5 Å². The highest BCUT2D eigenvalue weighted by atomic mass is 16.2. The van der Waals surface area contributed by atoms with Crippen LogP contribution < -0.4 is 0 Å². The lowest BCUT2D eigenvalue weighted by molar-refractivity contribution is -0.200. The maximum atomic E-state index is 15.2. The Kier molecular flexibility index (Phi) is 8.88. The second kappa shape index (κ2) is 12.0. The minimum Gasteiger partial charge on any atom is -0.299 e. The summed E-state index contributed by atoms with van der Waals surface area (Å²) in [5.41, 5.74) is 2.21. The molecule has 3 fully saturated rings. The van der Waals surface area contributed by atoms with Crippen molar-refractivity contribution in [3.05, 3.63) is 35.5 Å². The first kappa shape index (κ1) is 34.1. The Morgan fingerprint density at radius 1 is 0.957 bits per heavy atom. The van der Waals surface area contributed by atoms with Crippen molar-refractivity contribution in [2.24, 2.45) is 87.3 Å². The van der Waals surface area contributed by atoms with Gasteiger partial charge in [-0.1, -0.05) is 97.8 Å². The average molecular weight is 629 g/mol. The van der Waals surface area contributed by atoms with Crippen LogP contribution in [0.2, 0.25) is 0 Å². The van der Waals surface area contributed by atoms with Gasteiger partial charge in [-0.3, -0.25) is 14.4 Å². The van der Waals surface area contributed by atoms with E-state index in [9.17, 15) is 9.59 Å². The molecule has 0 amide bonds. The standard InChI is InChI=1S/C43H64O3/c1-24(2)34-20-32(19-25(3)18-31-16-13-15-30-14-11-12-17-33(30)31)27(5)37-35(34)22-41(8)23-42(9)21-26(4)36(29(7)44)40(46)43(42,10)28(6)38(41)39(37)45/h11,14,16,20,24-28,30,33-38H,12-13,15,17-19,21-23H2,1-10H3. The molecule has 6 aliphatic rings. The van der Waals surface area contributed by atoms with Crippen molar-refractivity contribution in [1.29, 1.82) is 0 Å². The van der Waals surface area contributed by atoms with Crippen LogP contribution in [0.4, 0.5) is 0 Å². The molecule has 14 unspecified atom stereocenters. The first-order valence-corrected chi connectivity index (χ1v) is 19.2. The molecule has 6 rings (SSSR count). The van der Waals surface area contributed by atoms with Crippen LogP contribution in [-0.2, 0) is 14.4 Å². The van der Waals surface area contributed by atoms with Crippen molar-refractivity contribution < 1.29 is 14.4 Å².